The highest BCUT2D eigenvalue weighted by Crippen LogP contribution is 2.24. The van der Waals surface area contributed by atoms with Crippen molar-refractivity contribution in [1.82, 2.24) is 14.5 Å². The fraction of sp³-hybridized carbons (Fsp3) is 0.412. The van der Waals surface area contributed by atoms with Crippen molar-refractivity contribution in [3.63, 3.8) is 0 Å². The first kappa shape index (κ1) is 16.2. The molecule has 1 aromatic heterocycles. The van der Waals surface area contributed by atoms with Gasteiger partial charge in [0.25, 0.3) is 11.8 Å². The Morgan fingerprint density at radius 3 is 3.00 bits per heavy atom. The van der Waals surface area contributed by atoms with Crippen LogP contribution in [0.25, 0.3) is 0 Å². The number of nitrogens with zero attached hydrogens (tertiary/aromatic N) is 3. The number of hydrogen-bond donors (Lipinski definition) is 1. The Labute approximate surface area is 149 Å². The van der Waals surface area contributed by atoms with E-state index < -0.39 is 0 Å². The van der Waals surface area contributed by atoms with Crippen LogP contribution in [-0.4, -0.2) is 45.6 Å². The number of hydrogen-bond acceptors (Lipinski definition) is 6. The smallest absolute Gasteiger partial charge is 0.275 e. The summed E-state index contributed by atoms with van der Waals surface area (Å²) in [7, 11) is 0. The van der Waals surface area contributed by atoms with Crippen LogP contribution in [0.3, 0.4) is 0 Å². The number of aromatic nitrogens is 2. The second-order valence-corrected chi connectivity index (χ2v) is 6.85. The number of amides is 2. The molecule has 7 nitrogen and oxygen atoms in total. The monoisotopic (exact) mass is 358 g/mol. The lowest BCUT2D eigenvalue weighted by Crippen LogP contribution is -2.36. The molecule has 8 heteroatoms. The van der Waals surface area contributed by atoms with Gasteiger partial charge in [-0.1, -0.05) is 10.6 Å². The van der Waals surface area contributed by atoms with Gasteiger partial charge < -0.3 is 15.0 Å². The molecule has 2 amide bonds. The third kappa shape index (κ3) is 3.40. The number of ether oxygens (including phenoxy) is 1. The van der Waals surface area contributed by atoms with E-state index in [0.29, 0.717) is 25.4 Å². The first-order chi connectivity index (χ1) is 12.2. The van der Waals surface area contributed by atoms with Crippen LogP contribution in [0.15, 0.2) is 23.6 Å². The second kappa shape index (κ2) is 6.89. The molecule has 0 bridgehead atoms. The van der Waals surface area contributed by atoms with Gasteiger partial charge in [0.2, 0.25) is 0 Å². The molecule has 1 saturated heterocycles. The lowest BCUT2D eigenvalue weighted by Gasteiger charge is -2.28. The summed E-state index contributed by atoms with van der Waals surface area (Å²) in [5.74, 6) is -0.206. The van der Waals surface area contributed by atoms with Crippen LogP contribution in [0.1, 0.15) is 34.5 Å². The predicted molar refractivity (Wildman–Crippen MR) is 92.4 cm³/mol. The molecule has 4 rings (SSSR count). The molecule has 2 aliphatic rings. The standard InChI is InChI=1S/C17H18N4O3S/c22-16(15-2-1-7-24-15)18-13-4-3-11-5-6-21(9-12(11)8-13)17(23)14-10-25-20-19-14/h3-4,8,10,15H,1-2,5-7,9H2,(H,18,22)/t15-/m1/s1. The van der Waals surface area contributed by atoms with Crippen LogP contribution in [0, 0.1) is 0 Å². The number of rotatable bonds is 3. The van der Waals surface area contributed by atoms with E-state index in [4.69, 9.17) is 4.74 Å². The maximum absolute atomic E-state index is 12.5. The minimum Gasteiger partial charge on any atom is -0.368 e. The SMILES string of the molecule is O=C(Nc1ccc2c(c1)CN(C(=O)c1csnn1)CC2)[C@H]1CCCO1. The quantitative estimate of drug-likeness (QED) is 0.905. The van der Waals surface area contributed by atoms with Gasteiger partial charge in [-0.15, -0.1) is 5.10 Å². The van der Waals surface area contributed by atoms with Gasteiger partial charge in [0.1, 0.15) is 6.10 Å². The van der Waals surface area contributed by atoms with Crippen molar-refractivity contribution in [2.75, 3.05) is 18.5 Å². The summed E-state index contributed by atoms with van der Waals surface area (Å²) in [4.78, 5) is 26.4. The maximum atomic E-state index is 12.5. The van der Waals surface area contributed by atoms with Crippen LogP contribution in [0.5, 0.6) is 0 Å². The van der Waals surface area contributed by atoms with Gasteiger partial charge in [-0.2, -0.15) is 0 Å². The van der Waals surface area contributed by atoms with E-state index in [-0.39, 0.29) is 17.9 Å². The summed E-state index contributed by atoms with van der Waals surface area (Å²) < 4.78 is 9.16. The number of carbonyl (C=O) groups excluding carboxylic acids is 2. The highest BCUT2D eigenvalue weighted by molar-refractivity contribution is 7.03. The van der Waals surface area contributed by atoms with Gasteiger partial charge in [0.05, 0.1) is 0 Å². The third-order valence-electron chi connectivity index (χ3n) is 4.57. The molecule has 0 saturated carbocycles. The minimum atomic E-state index is -0.355. The van der Waals surface area contributed by atoms with E-state index in [2.05, 4.69) is 14.9 Å². The van der Waals surface area contributed by atoms with Crippen molar-refractivity contribution in [2.45, 2.75) is 31.9 Å². The van der Waals surface area contributed by atoms with Crippen molar-refractivity contribution in [2.24, 2.45) is 0 Å². The van der Waals surface area contributed by atoms with Crippen LogP contribution in [-0.2, 0) is 22.5 Å². The van der Waals surface area contributed by atoms with E-state index in [1.165, 1.54) is 17.1 Å². The fourth-order valence-electron chi connectivity index (χ4n) is 3.24. The first-order valence-electron chi connectivity index (χ1n) is 8.31. The molecule has 130 valence electrons. The normalized spacial score (nSPS) is 19.5. The summed E-state index contributed by atoms with van der Waals surface area (Å²) in [5.41, 5.74) is 3.38. The molecule has 1 fully saturated rings. The molecular weight excluding hydrogens is 340 g/mol. The lowest BCUT2D eigenvalue weighted by atomic mass is 9.98. The molecule has 1 aromatic carbocycles. The topological polar surface area (TPSA) is 84.4 Å². The molecule has 1 N–H and O–H groups in total. The number of benzene rings is 1. The van der Waals surface area contributed by atoms with Gasteiger partial charge in [0.15, 0.2) is 5.69 Å². The summed E-state index contributed by atoms with van der Waals surface area (Å²) in [5, 5.41) is 8.44. The highest BCUT2D eigenvalue weighted by Gasteiger charge is 2.25. The number of carbonyl (C=O) groups is 2. The Hall–Kier alpha value is -2.32. The van der Waals surface area contributed by atoms with E-state index in [9.17, 15) is 9.59 Å². The molecule has 1 atom stereocenters. The minimum absolute atomic E-state index is 0.102. The van der Waals surface area contributed by atoms with E-state index in [0.717, 1.165) is 30.5 Å². The largest absolute Gasteiger partial charge is 0.368 e. The molecule has 3 heterocycles. The van der Waals surface area contributed by atoms with Gasteiger partial charge in [-0.05, 0) is 54.1 Å². The van der Waals surface area contributed by atoms with Crippen molar-refractivity contribution < 1.29 is 14.3 Å². The zero-order chi connectivity index (χ0) is 17.2. The van der Waals surface area contributed by atoms with Crippen molar-refractivity contribution >= 4 is 29.0 Å². The average Bonchev–Trinajstić information content (AvgIpc) is 3.34. The summed E-state index contributed by atoms with van der Waals surface area (Å²) in [6, 6.07) is 5.88. The second-order valence-electron chi connectivity index (χ2n) is 6.24. The first-order valence-corrected chi connectivity index (χ1v) is 9.15. The van der Waals surface area contributed by atoms with Crippen LogP contribution in [0.4, 0.5) is 5.69 Å². The molecule has 0 unspecified atom stereocenters. The summed E-state index contributed by atoms with van der Waals surface area (Å²) in [6.07, 6.45) is 2.12. The van der Waals surface area contributed by atoms with Gasteiger partial charge in [0, 0.05) is 30.8 Å². The molecule has 0 aliphatic carbocycles. The number of nitrogens with one attached hydrogen (secondary N) is 1. The van der Waals surface area contributed by atoms with E-state index in [1.807, 2.05) is 18.2 Å². The van der Waals surface area contributed by atoms with Crippen molar-refractivity contribution in [1.29, 1.82) is 0 Å². The number of fused-ring (bicyclic) bond motifs is 1. The average molecular weight is 358 g/mol. The van der Waals surface area contributed by atoms with Crippen molar-refractivity contribution in [3.8, 4) is 0 Å². The molecule has 0 radical (unpaired) electrons. The van der Waals surface area contributed by atoms with E-state index in [1.54, 1.807) is 10.3 Å². The molecular formula is C17H18N4O3S. The Bertz CT molecular complexity index is 787. The Morgan fingerprint density at radius 2 is 2.24 bits per heavy atom. The predicted octanol–water partition coefficient (Wildman–Crippen LogP) is 1.85. The number of anilines is 1. The lowest BCUT2D eigenvalue weighted by molar-refractivity contribution is -0.124. The van der Waals surface area contributed by atoms with Gasteiger partial charge in [-0.3, -0.25) is 9.59 Å². The summed E-state index contributed by atoms with van der Waals surface area (Å²) >= 11 is 1.17. The van der Waals surface area contributed by atoms with E-state index >= 15 is 0 Å². The summed E-state index contributed by atoms with van der Waals surface area (Å²) in [6.45, 7) is 1.81. The Morgan fingerprint density at radius 1 is 1.32 bits per heavy atom. The zero-order valence-corrected chi connectivity index (χ0v) is 14.4. The van der Waals surface area contributed by atoms with Crippen LogP contribution < -0.4 is 5.32 Å². The third-order valence-corrected chi connectivity index (χ3v) is 5.08. The van der Waals surface area contributed by atoms with Crippen LogP contribution >= 0.6 is 11.5 Å². The molecule has 25 heavy (non-hydrogen) atoms. The fourth-order valence-corrected chi connectivity index (χ4v) is 3.67. The molecule has 0 spiro atoms. The highest BCUT2D eigenvalue weighted by atomic mass is 32.1. The zero-order valence-electron chi connectivity index (χ0n) is 13.6. The Kier molecular flexibility index (Phi) is 4.46. The molecule has 2 aliphatic heterocycles. The maximum Gasteiger partial charge on any atom is 0.275 e. The Balaban J connectivity index is 1.47. The van der Waals surface area contributed by atoms with Gasteiger partial charge >= 0.3 is 0 Å². The van der Waals surface area contributed by atoms with Crippen LogP contribution in [0.2, 0.25) is 0 Å². The van der Waals surface area contributed by atoms with Crippen molar-refractivity contribution in [3.05, 3.63) is 40.4 Å². The van der Waals surface area contributed by atoms with Gasteiger partial charge in [-0.25, -0.2) is 0 Å². The molecule has 2 aromatic rings.